The molecule has 1 rings (SSSR count). The van der Waals surface area contributed by atoms with Gasteiger partial charge in [0.15, 0.2) is 16.7 Å². The summed E-state index contributed by atoms with van der Waals surface area (Å²) in [5.74, 6) is -1.11. The normalized spacial score (nSPS) is 9.42. The van der Waals surface area contributed by atoms with E-state index in [4.69, 9.17) is 10.8 Å². The summed E-state index contributed by atoms with van der Waals surface area (Å²) in [6.07, 6.45) is 0. The summed E-state index contributed by atoms with van der Waals surface area (Å²) >= 11 is 4.54. The van der Waals surface area contributed by atoms with Gasteiger partial charge in [0, 0.05) is 11.8 Å². The predicted molar refractivity (Wildman–Crippen MR) is 48.5 cm³/mol. The van der Waals surface area contributed by atoms with Crippen LogP contribution in [0.3, 0.4) is 0 Å². The molecule has 12 heavy (non-hydrogen) atoms. The minimum Gasteiger partial charge on any atom is -0.505 e. The number of rotatable bonds is 1. The summed E-state index contributed by atoms with van der Waals surface area (Å²) in [4.78, 5) is 0. The van der Waals surface area contributed by atoms with Gasteiger partial charge < -0.3 is 16.2 Å². The van der Waals surface area contributed by atoms with Gasteiger partial charge in [-0.15, -0.1) is 0 Å². The van der Waals surface area contributed by atoms with Crippen LogP contribution >= 0.6 is 12.2 Å². The van der Waals surface area contributed by atoms with Crippen molar-refractivity contribution >= 4 is 23.0 Å². The third kappa shape index (κ3) is 2.06. The van der Waals surface area contributed by atoms with Gasteiger partial charge in [-0.2, -0.15) is 0 Å². The molecule has 5 heteroatoms. The third-order valence-corrected chi connectivity index (χ3v) is 1.32. The lowest BCUT2D eigenvalue weighted by Gasteiger charge is -2.03. The number of phenolic OH excluding ortho intramolecular Hbond substituents is 1. The Hall–Kier alpha value is -1.36. The van der Waals surface area contributed by atoms with E-state index in [-0.39, 0.29) is 5.11 Å². The zero-order valence-corrected chi connectivity index (χ0v) is 6.86. The van der Waals surface area contributed by atoms with Crippen LogP contribution in [0.5, 0.6) is 5.75 Å². The molecule has 0 fully saturated rings. The summed E-state index contributed by atoms with van der Waals surface area (Å²) in [6, 6.07) is 3.79. The highest BCUT2D eigenvalue weighted by Crippen LogP contribution is 2.18. The summed E-state index contributed by atoms with van der Waals surface area (Å²) in [6.45, 7) is 0. The van der Waals surface area contributed by atoms with Crippen LogP contribution in [0.4, 0.5) is 10.1 Å². The van der Waals surface area contributed by atoms with Crippen molar-refractivity contribution in [1.29, 1.82) is 0 Å². The minimum absolute atomic E-state index is 0.0556. The van der Waals surface area contributed by atoms with Crippen molar-refractivity contribution in [2.24, 2.45) is 5.73 Å². The molecule has 4 N–H and O–H groups in total. The first kappa shape index (κ1) is 8.73. The Balaban J connectivity index is 2.89. The van der Waals surface area contributed by atoms with Gasteiger partial charge in [0.1, 0.15) is 0 Å². The van der Waals surface area contributed by atoms with E-state index in [0.29, 0.717) is 5.69 Å². The second kappa shape index (κ2) is 3.36. The number of hydrogen-bond donors (Lipinski definition) is 3. The molecule has 1 aromatic carbocycles. The van der Waals surface area contributed by atoms with E-state index in [1.54, 1.807) is 0 Å². The van der Waals surface area contributed by atoms with Crippen molar-refractivity contribution in [1.82, 2.24) is 0 Å². The van der Waals surface area contributed by atoms with Gasteiger partial charge in [0.25, 0.3) is 0 Å². The number of nitrogens with two attached hydrogens (primary N) is 1. The maximum Gasteiger partial charge on any atom is 0.168 e. The average Bonchev–Trinajstić information content (AvgIpc) is 1.96. The molecule has 0 radical (unpaired) electrons. The van der Waals surface area contributed by atoms with E-state index in [1.165, 1.54) is 12.1 Å². The highest BCUT2D eigenvalue weighted by molar-refractivity contribution is 7.80. The Kier molecular flexibility index (Phi) is 2.44. The highest BCUT2D eigenvalue weighted by Gasteiger charge is 2.00. The number of anilines is 1. The van der Waals surface area contributed by atoms with Crippen LogP contribution < -0.4 is 11.1 Å². The lowest BCUT2D eigenvalue weighted by atomic mass is 10.3. The molecule has 3 nitrogen and oxygen atoms in total. The fourth-order valence-electron chi connectivity index (χ4n) is 0.727. The molecule has 0 heterocycles. The first-order valence-corrected chi connectivity index (χ1v) is 3.55. The number of nitrogens with one attached hydrogen (secondary N) is 1. The van der Waals surface area contributed by atoms with Crippen LogP contribution in [0.25, 0.3) is 0 Å². The fraction of sp³-hybridized carbons (Fsp3) is 0. The van der Waals surface area contributed by atoms with Crippen molar-refractivity contribution in [3.8, 4) is 5.75 Å². The summed E-state index contributed by atoms with van der Waals surface area (Å²) in [5, 5.41) is 11.4. The molecule has 1 aromatic rings. The third-order valence-electron chi connectivity index (χ3n) is 1.22. The van der Waals surface area contributed by atoms with Crippen molar-refractivity contribution in [3.05, 3.63) is 24.0 Å². The van der Waals surface area contributed by atoms with Gasteiger partial charge >= 0.3 is 0 Å². The van der Waals surface area contributed by atoms with Gasteiger partial charge in [-0.1, -0.05) is 0 Å². The van der Waals surface area contributed by atoms with E-state index >= 15 is 0 Å². The standard InChI is InChI=1S/C7H7FN2OS/c8-5-3-4(10-7(9)12)1-2-6(5)11/h1-3,11H,(H3,9,10,12). The van der Waals surface area contributed by atoms with Gasteiger partial charge in [-0.05, 0) is 24.4 Å². The number of halogens is 1. The first-order valence-electron chi connectivity index (χ1n) is 3.14. The number of thiocarbonyl (C=S) groups is 1. The van der Waals surface area contributed by atoms with E-state index in [1.807, 2.05) is 0 Å². The maximum atomic E-state index is 12.7. The lowest BCUT2D eigenvalue weighted by Crippen LogP contribution is -2.18. The van der Waals surface area contributed by atoms with Crippen LogP contribution in [0, 0.1) is 5.82 Å². The molecule has 0 aromatic heterocycles. The Morgan fingerprint density at radius 3 is 2.75 bits per heavy atom. The van der Waals surface area contributed by atoms with Crippen LogP contribution in [0.2, 0.25) is 0 Å². The molecular weight excluding hydrogens is 179 g/mol. The molecule has 0 aliphatic heterocycles. The van der Waals surface area contributed by atoms with Crippen molar-refractivity contribution in [3.63, 3.8) is 0 Å². The second-order valence-electron chi connectivity index (χ2n) is 2.16. The smallest absolute Gasteiger partial charge is 0.168 e. The van der Waals surface area contributed by atoms with E-state index in [0.717, 1.165) is 6.07 Å². The Labute approximate surface area is 74.0 Å². The molecule has 0 atom stereocenters. The van der Waals surface area contributed by atoms with Gasteiger partial charge in [0.2, 0.25) is 0 Å². The molecule has 0 bridgehead atoms. The largest absolute Gasteiger partial charge is 0.505 e. The number of aromatic hydroxyl groups is 1. The first-order chi connectivity index (χ1) is 5.59. The number of benzene rings is 1. The Bertz CT molecular complexity index is 316. The van der Waals surface area contributed by atoms with Crippen molar-refractivity contribution < 1.29 is 9.50 Å². The molecule has 0 unspecified atom stereocenters. The molecule has 0 saturated heterocycles. The lowest BCUT2D eigenvalue weighted by molar-refractivity contribution is 0.432. The fourth-order valence-corrected chi connectivity index (χ4v) is 0.845. The average molecular weight is 186 g/mol. The molecule has 0 amide bonds. The minimum atomic E-state index is -0.712. The Morgan fingerprint density at radius 1 is 1.58 bits per heavy atom. The number of phenols is 1. The highest BCUT2D eigenvalue weighted by atomic mass is 32.1. The van der Waals surface area contributed by atoms with E-state index < -0.39 is 11.6 Å². The predicted octanol–water partition coefficient (Wildman–Crippen LogP) is 1.19. The molecular formula is C7H7FN2OS. The van der Waals surface area contributed by atoms with Crippen molar-refractivity contribution in [2.45, 2.75) is 0 Å². The van der Waals surface area contributed by atoms with Gasteiger partial charge in [0.05, 0.1) is 0 Å². The quantitative estimate of drug-likeness (QED) is 0.455. The molecule has 64 valence electrons. The van der Waals surface area contributed by atoms with Crippen LogP contribution in [0.1, 0.15) is 0 Å². The van der Waals surface area contributed by atoms with E-state index in [9.17, 15) is 4.39 Å². The molecule has 0 saturated carbocycles. The van der Waals surface area contributed by atoms with Crippen LogP contribution in [-0.4, -0.2) is 10.2 Å². The zero-order valence-electron chi connectivity index (χ0n) is 6.04. The molecule has 0 aliphatic rings. The van der Waals surface area contributed by atoms with E-state index in [2.05, 4.69) is 17.5 Å². The SMILES string of the molecule is NC(=S)Nc1ccc(O)c(F)c1. The zero-order chi connectivity index (χ0) is 9.14. The summed E-state index contributed by atoms with van der Waals surface area (Å²) < 4.78 is 12.7. The van der Waals surface area contributed by atoms with Crippen LogP contribution in [-0.2, 0) is 0 Å². The molecule has 0 spiro atoms. The summed E-state index contributed by atoms with van der Waals surface area (Å²) in [5.41, 5.74) is 5.56. The Morgan fingerprint density at radius 2 is 2.25 bits per heavy atom. The number of hydrogen-bond acceptors (Lipinski definition) is 2. The van der Waals surface area contributed by atoms with Crippen molar-refractivity contribution in [2.75, 3.05) is 5.32 Å². The van der Waals surface area contributed by atoms with Gasteiger partial charge in [-0.3, -0.25) is 0 Å². The topological polar surface area (TPSA) is 58.3 Å². The van der Waals surface area contributed by atoms with Crippen LogP contribution in [0.15, 0.2) is 18.2 Å². The van der Waals surface area contributed by atoms with Gasteiger partial charge in [-0.25, -0.2) is 4.39 Å². The summed E-state index contributed by atoms with van der Waals surface area (Å²) in [7, 11) is 0. The maximum absolute atomic E-state index is 12.7. The monoisotopic (exact) mass is 186 g/mol. The molecule has 0 aliphatic carbocycles. The second-order valence-corrected chi connectivity index (χ2v) is 2.60.